The van der Waals surface area contributed by atoms with Crippen LogP contribution in [0.2, 0.25) is 0 Å². The molecule has 1 heterocycles. The van der Waals surface area contributed by atoms with Crippen molar-refractivity contribution in [3.05, 3.63) is 42.2 Å². The summed E-state index contributed by atoms with van der Waals surface area (Å²) in [6.07, 6.45) is 1.01. The minimum Gasteiger partial charge on any atom is -0.497 e. The van der Waals surface area contributed by atoms with E-state index in [1.807, 2.05) is 0 Å². The summed E-state index contributed by atoms with van der Waals surface area (Å²) in [5.74, 6) is -0.553. The molecular formula is C21H25FN2O6S. The van der Waals surface area contributed by atoms with Gasteiger partial charge in [-0.25, -0.2) is 12.8 Å². The molecule has 1 aliphatic rings. The highest BCUT2D eigenvalue weighted by Gasteiger charge is 2.35. The molecule has 2 aromatic rings. The van der Waals surface area contributed by atoms with Crippen LogP contribution in [0.3, 0.4) is 0 Å². The van der Waals surface area contributed by atoms with Gasteiger partial charge in [-0.3, -0.25) is 4.79 Å². The predicted molar refractivity (Wildman–Crippen MR) is 113 cm³/mol. The Balaban J connectivity index is 1.81. The Hall–Kier alpha value is -2.85. The van der Waals surface area contributed by atoms with E-state index in [0.717, 1.165) is 12.1 Å². The van der Waals surface area contributed by atoms with Gasteiger partial charge in [0.25, 0.3) is 0 Å². The molecule has 0 saturated carbocycles. The molecule has 1 aliphatic heterocycles. The lowest BCUT2D eigenvalue weighted by molar-refractivity contribution is -0.120. The number of benzene rings is 2. The van der Waals surface area contributed by atoms with Crippen LogP contribution in [0, 0.1) is 11.7 Å². The number of methoxy groups -OCH3 is 3. The summed E-state index contributed by atoms with van der Waals surface area (Å²) in [5, 5.41) is 2.80. The van der Waals surface area contributed by atoms with Crippen molar-refractivity contribution in [3.63, 3.8) is 0 Å². The fourth-order valence-electron chi connectivity index (χ4n) is 3.51. The first-order valence-electron chi connectivity index (χ1n) is 9.66. The van der Waals surface area contributed by atoms with Crippen LogP contribution in [-0.2, 0) is 14.8 Å². The molecule has 2 aromatic carbocycles. The maximum Gasteiger partial charge on any atom is 0.246 e. The molecule has 1 N–H and O–H groups in total. The van der Waals surface area contributed by atoms with Crippen molar-refractivity contribution in [3.8, 4) is 17.2 Å². The molecule has 1 fully saturated rings. The van der Waals surface area contributed by atoms with Crippen LogP contribution in [0.25, 0.3) is 0 Å². The number of rotatable bonds is 7. The van der Waals surface area contributed by atoms with Gasteiger partial charge in [-0.05, 0) is 43.2 Å². The van der Waals surface area contributed by atoms with Crippen molar-refractivity contribution in [2.24, 2.45) is 5.92 Å². The van der Waals surface area contributed by atoms with E-state index < -0.39 is 21.8 Å². The molecule has 1 atom stereocenters. The number of halogens is 1. The highest BCUT2D eigenvalue weighted by molar-refractivity contribution is 7.89. The number of ether oxygens (including phenoxy) is 3. The summed E-state index contributed by atoms with van der Waals surface area (Å²) in [7, 11) is 0.270. The molecular weight excluding hydrogens is 427 g/mol. The molecule has 1 amide bonds. The van der Waals surface area contributed by atoms with Gasteiger partial charge in [0.05, 0.1) is 32.9 Å². The molecule has 0 aliphatic carbocycles. The fraction of sp³-hybridized carbons (Fsp3) is 0.381. The number of piperidine rings is 1. The second kappa shape index (κ2) is 9.52. The number of carbonyl (C=O) groups excluding carboxylic acids is 1. The number of hydrogen-bond donors (Lipinski definition) is 1. The van der Waals surface area contributed by atoms with Crippen LogP contribution >= 0.6 is 0 Å². The summed E-state index contributed by atoms with van der Waals surface area (Å²) in [6.45, 7) is 0.203. The quantitative estimate of drug-likeness (QED) is 0.694. The number of anilines is 1. The number of nitrogens with one attached hydrogen (secondary N) is 1. The van der Waals surface area contributed by atoms with E-state index in [2.05, 4.69) is 5.32 Å². The van der Waals surface area contributed by atoms with E-state index in [-0.39, 0.29) is 29.6 Å². The molecule has 3 rings (SSSR count). The van der Waals surface area contributed by atoms with Gasteiger partial charge in [0.15, 0.2) is 0 Å². The zero-order valence-electron chi connectivity index (χ0n) is 17.6. The van der Waals surface area contributed by atoms with Gasteiger partial charge in [-0.1, -0.05) is 0 Å². The zero-order valence-corrected chi connectivity index (χ0v) is 18.4. The van der Waals surface area contributed by atoms with Gasteiger partial charge >= 0.3 is 0 Å². The molecule has 0 aromatic heterocycles. The summed E-state index contributed by atoms with van der Waals surface area (Å²) in [5.41, 5.74) is 0.429. The smallest absolute Gasteiger partial charge is 0.246 e. The average molecular weight is 453 g/mol. The van der Waals surface area contributed by atoms with Crippen LogP contribution in [-0.4, -0.2) is 53.0 Å². The van der Waals surface area contributed by atoms with E-state index >= 15 is 0 Å². The monoisotopic (exact) mass is 452 g/mol. The third-order valence-electron chi connectivity index (χ3n) is 5.16. The van der Waals surface area contributed by atoms with E-state index in [4.69, 9.17) is 14.2 Å². The Morgan fingerprint density at radius 1 is 1.06 bits per heavy atom. The second-order valence-electron chi connectivity index (χ2n) is 7.05. The van der Waals surface area contributed by atoms with Gasteiger partial charge < -0.3 is 19.5 Å². The first-order chi connectivity index (χ1) is 14.8. The lowest BCUT2D eigenvalue weighted by Gasteiger charge is -2.31. The Kier molecular flexibility index (Phi) is 7.01. The zero-order chi connectivity index (χ0) is 22.6. The van der Waals surface area contributed by atoms with E-state index in [0.29, 0.717) is 30.0 Å². The normalized spacial score (nSPS) is 17.1. The lowest BCUT2D eigenvalue weighted by Crippen LogP contribution is -2.43. The van der Waals surface area contributed by atoms with Crippen LogP contribution in [0.1, 0.15) is 12.8 Å². The third-order valence-corrected chi connectivity index (χ3v) is 7.05. The molecule has 0 spiro atoms. The predicted octanol–water partition coefficient (Wildman–Crippen LogP) is 2.89. The summed E-state index contributed by atoms with van der Waals surface area (Å²) in [4.78, 5) is 12.6. The van der Waals surface area contributed by atoms with Gasteiger partial charge in [0.2, 0.25) is 15.9 Å². The summed E-state index contributed by atoms with van der Waals surface area (Å²) >= 11 is 0. The Bertz CT molecular complexity index is 1060. The number of sulfonamides is 1. The minimum atomic E-state index is -4.05. The van der Waals surface area contributed by atoms with E-state index in [9.17, 15) is 17.6 Å². The van der Waals surface area contributed by atoms with Crippen molar-refractivity contribution in [2.45, 2.75) is 17.7 Å². The molecule has 0 radical (unpaired) electrons. The topological polar surface area (TPSA) is 94.2 Å². The largest absolute Gasteiger partial charge is 0.497 e. The highest BCUT2D eigenvalue weighted by atomic mass is 32.2. The van der Waals surface area contributed by atoms with E-state index in [1.165, 1.54) is 31.7 Å². The first kappa shape index (κ1) is 22.8. The van der Waals surface area contributed by atoms with Crippen molar-refractivity contribution in [1.29, 1.82) is 0 Å². The molecule has 8 nitrogen and oxygen atoms in total. The maximum absolute atomic E-state index is 13.7. The number of amides is 1. The van der Waals surface area contributed by atoms with Crippen molar-refractivity contribution >= 4 is 21.6 Å². The molecule has 31 heavy (non-hydrogen) atoms. The maximum atomic E-state index is 13.7. The summed E-state index contributed by atoms with van der Waals surface area (Å²) in [6, 6.07) is 8.33. The molecule has 0 bridgehead atoms. The Morgan fingerprint density at radius 2 is 1.77 bits per heavy atom. The van der Waals surface area contributed by atoms with Gasteiger partial charge in [-0.2, -0.15) is 4.31 Å². The van der Waals surface area contributed by atoms with Crippen LogP contribution in [0.4, 0.5) is 10.1 Å². The molecule has 10 heteroatoms. The SMILES string of the molecule is COc1ccc(OC)c(NC(=O)C2CCCN(S(=O)(=O)c3cc(F)ccc3OC)C2)c1. The Labute approximate surface area is 181 Å². The number of nitrogens with zero attached hydrogens (tertiary/aromatic N) is 1. The van der Waals surface area contributed by atoms with Crippen LogP contribution < -0.4 is 19.5 Å². The van der Waals surface area contributed by atoms with Crippen molar-refractivity contribution in [2.75, 3.05) is 39.7 Å². The first-order valence-corrected chi connectivity index (χ1v) is 11.1. The second-order valence-corrected chi connectivity index (χ2v) is 8.96. The molecule has 1 unspecified atom stereocenters. The van der Waals surface area contributed by atoms with Gasteiger partial charge in [0.1, 0.15) is 28.0 Å². The average Bonchev–Trinajstić information content (AvgIpc) is 2.79. The number of carbonyl (C=O) groups is 1. The number of hydrogen-bond acceptors (Lipinski definition) is 6. The van der Waals surface area contributed by atoms with Crippen LogP contribution in [0.5, 0.6) is 17.2 Å². The van der Waals surface area contributed by atoms with Crippen molar-refractivity contribution in [1.82, 2.24) is 4.31 Å². The summed E-state index contributed by atoms with van der Waals surface area (Å²) < 4.78 is 56.8. The van der Waals surface area contributed by atoms with Crippen LogP contribution in [0.15, 0.2) is 41.3 Å². The van der Waals surface area contributed by atoms with E-state index in [1.54, 1.807) is 18.2 Å². The fourth-order valence-corrected chi connectivity index (χ4v) is 5.20. The highest BCUT2D eigenvalue weighted by Crippen LogP contribution is 2.32. The molecule has 168 valence electrons. The standard InChI is InChI=1S/C21H25FN2O6S/c1-28-16-7-9-18(29-2)17(12-16)23-21(25)14-5-4-10-24(13-14)31(26,27)20-11-15(22)6-8-19(20)30-3/h6-9,11-12,14H,4-5,10,13H2,1-3H3,(H,23,25). The van der Waals surface area contributed by atoms with Crippen molar-refractivity contribution < 1.29 is 31.8 Å². The van der Waals surface area contributed by atoms with Gasteiger partial charge in [0, 0.05) is 19.2 Å². The Morgan fingerprint density at radius 3 is 2.45 bits per heavy atom. The third kappa shape index (κ3) is 4.91. The molecule has 1 saturated heterocycles. The minimum absolute atomic E-state index is 0.0277. The lowest BCUT2D eigenvalue weighted by atomic mass is 9.98. The van der Waals surface area contributed by atoms with Gasteiger partial charge in [-0.15, -0.1) is 0 Å².